The highest BCUT2D eigenvalue weighted by atomic mass is 32.2. The van der Waals surface area contributed by atoms with Gasteiger partial charge in [0.1, 0.15) is 11.1 Å². The second kappa shape index (κ2) is 8.14. The number of fused-ring (bicyclic) bond motifs is 1. The van der Waals surface area contributed by atoms with Gasteiger partial charge in [0.2, 0.25) is 5.91 Å². The van der Waals surface area contributed by atoms with Crippen LogP contribution in [0.5, 0.6) is 0 Å². The van der Waals surface area contributed by atoms with Crippen LogP contribution in [0.15, 0.2) is 35.2 Å². The predicted molar refractivity (Wildman–Crippen MR) is 119 cm³/mol. The third-order valence-corrected chi connectivity index (χ3v) is 8.42. The Bertz CT molecular complexity index is 1090. The molecule has 30 heavy (non-hydrogen) atoms. The van der Waals surface area contributed by atoms with Gasteiger partial charge in [-0.1, -0.05) is 18.2 Å². The van der Waals surface area contributed by atoms with E-state index in [9.17, 15) is 18.5 Å². The Morgan fingerprint density at radius 1 is 1.23 bits per heavy atom. The zero-order valence-corrected chi connectivity index (χ0v) is 19.3. The molecule has 0 fully saturated rings. The van der Waals surface area contributed by atoms with Crippen molar-refractivity contribution in [3.05, 3.63) is 46.3 Å². The summed E-state index contributed by atoms with van der Waals surface area (Å²) in [5.74, 6) is -0.375. The van der Waals surface area contributed by atoms with Crippen LogP contribution in [0, 0.1) is 11.3 Å². The molecule has 1 aliphatic heterocycles. The second-order valence-electron chi connectivity index (χ2n) is 8.82. The molecule has 2 aromatic rings. The van der Waals surface area contributed by atoms with Gasteiger partial charge in [-0.2, -0.15) is 5.26 Å². The monoisotopic (exact) mass is 445 g/mol. The first-order chi connectivity index (χ1) is 14.0. The lowest BCUT2D eigenvalue weighted by atomic mass is 9.81. The number of hydrogen-bond donors (Lipinski definition) is 2. The van der Waals surface area contributed by atoms with Crippen molar-refractivity contribution < 1.29 is 13.2 Å². The van der Waals surface area contributed by atoms with Crippen molar-refractivity contribution in [2.75, 3.05) is 11.1 Å². The minimum Gasteiger partial charge on any atom is -0.317 e. The maximum atomic E-state index is 12.5. The first-order valence-corrected chi connectivity index (χ1v) is 12.4. The van der Waals surface area contributed by atoms with E-state index in [0.717, 1.165) is 10.4 Å². The lowest BCUT2D eigenvalue weighted by Gasteiger charge is -2.42. The number of sulfone groups is 1. The van der Waals surface area contributed by atoms with Gasteiger partial charge in [0.15, 0.2) is 9.84 Å². The van der Waals surface area contributed by atoms with Crippen LogP contribution in [0.3, 0.4) is 0 Å². The van der Waals surface area contributed by atoms with Gasteiger partial charge in [0.25, 0.3) is 0 Å². The summed E-state index contributed by atoms with van der Waals surface area (Å²) >= 11 is 1.42. The number of nitriles is 1. The van der Waals surface area contributed by atoms with Gasteiger partial charge < -0.3 is 10.6 Å². The summed E-state index contributed by atoms with van der Waals surface area (Å²) in [5, 5.41) is 16.7. The Morgan fingerprint density at radius 2 is 1.90 bits per heavy atom. The number of anilines is 1. The molecule has 1 amide bonds. The highest BCUT2D eigenvalue weighted by Gasteiger charge is 2.40. The summed E-state index contributed by atoms with van der Waals surface area (Å²) in [5.41, 5.74) is 1.04. The van der Waals surface area contributed by atoms with Crippen LogP contribution in [-0.2, 0) is 26.6 Å². The first-order valence-electron chi connectivity index (χ1n) is 9.88. The molecule has 0 radical (unpaired) electrons. The van der Waals surface area contributed by atoms with Gasteiger partial charge in [-0.15, -0.1) is 11.3 Å². The Kier molecular flexibility index (Phi) is 6.10. The van der Waals surface area contributed by atoms with Gasteiger partial charge in [0.05, 0.1) is 16.2 Å². The Balaban J connectivity index is 1.70. The fourth-order valence-electron chi connectivity index (χ4n) is 4.09. The molecule has 1 aromatic heterocycles. The average Bonchev–Trinajstić information content (AvgIpc) is 2.98. The summed E-state index contributed by atoms with van der Waals surface area (Å²) in [6.07, 6.45) is 0.999. The van der Waals surface area contributed by atoms with E-state index in [1.807, 2.05) is 0 Å². The van der Waals surface area contributed by atoms with E-state index < -0.39 is 9.84 Å². The Hall–Kier alpha value is -2.21. The summed E-state index contributed by atoms with van der Waals surface area (Å²) in [7, 11) is -3.41. The van der Waals surface area contributed by atoms with Crippen molar-refractivity contribution in [1.29, 1.82) is 5.26 Å². The number of hydrogen-bond acceptors (Lipinski definition) is 6. The van der Waals surface area contributed by atoms with Crippen molar-refractivity contribution in [2.45, 2.75) is 62.9 Å². The molecule has 0 bridgehead atoms. The quantitative estimate of drug-likeness (QED) is 0.701. The number of nitrogens with zero attached hydrogens (tertiary/aromatic N) is 1. The maximum absolute atomic E-state index is 12.5. The molecule has 0 unspecified atom stereocenters. The van der Waals surface area contributed by atoms with Crippen LogP contribution in [0.25, 0.3) is 0 Å². The van der Waals surface area contributed by atoms with Gasteiger partial charge in [0, 0.05) is 22.4 Å². The van der Waals surface area contributed by atoms with E-state index in [-0.39, 0.29) is 40.5 Å². The summed E-state index contributed by atoms with van der Waals surface area (Å²) in [6.45, 7) is 8.35. The molecule has 0 atom stereocenters. The molecule has 2 heterocycles. The molecule has 6 nitrogen and oxygen atoms in total. The third kappa shape index (κ3) is 4.75. The lowest BCUT2D eigenvalue weighted by molar-refractivity contribution is -0.116. The van der Waals surface area contributed by atoms with Crippen molar-refractivity contribution in [3.8, 4) is 6.07 Å². The van der Waals surface area contributed by atoms with E-state index in [1.165, 1.54) is 11.3 Å². The number of amides is 1. The number of rotatable bonds is 6. The molecule has 2 N–H and O–H groups in total. The Labute approximate surface area is 182 Å². The molecule has 3 rings (SSSR count). The third-order valence-electron chi connectivity index (χ3n) is 5.13. The highest BCUT2D eigenvalue weighted by Crippen LogP contribution is 2.44. The van der Waals surface area contributed by atoms with Crippen LogP contribution in [0.4, 0.5) is 5.00 Å². The van der Waals surface area contributed by atoms with Crippen molar-refractivity contribution in [1.82, 2.24) is 5.32 Å². The first kappa shape index (κ1) is 22.5. The summed E-state index contributed by atoms with van der Waals surface area (Å²) in [6, 6.07) is 10.5. The van der Waals surface area contributed by atoms with E-state index >= 15 is 0 Å². The number of carbonyl (C=O) groups is 1. The maximum Gasteiger partial charge on any atom is 0.225 e. The van der Waals surface area contributed by atoms with Crippen LogP contribution < -0.4 is 10.6 Å². The zero-order chi connectivity index (χ0) is 22.2. The van der Waals surface area contributed by atoms with Crippen LogP contribution in [0.1, 0.15) is 56.5 Å². The smallest absolute Gasteiger partial charge is 0.225 e. The molecule has 0 saturated carbocycles. The van der Waals surface area contributed by atoms with Crippen molar-refractivity contribution >= 4 is 32.1 Å². The van der Waals surface area contributed by atoms with E-state index in [1.54, 1.807) is 30.3 Å². The topological polar surface area (TPSA) is 99.1 Å². The average molecular weight is 446 g/mol. The number of benzene rings is 1. The SMILES string of the molecule is CC1(C)Cc2c(sc(NC(=O)CCCS(=O)(=O)c3ccccc3)c2C#N)C(C)(C)N1. The van der Waals surface area contributed by atoms with Gasteiger partial charge in [-0.25, -0.2) is 8.42 Å². The minimum atomic E-state index is -3.41. The molecule has 0 aliphatic carbocycles. The van der Waals surface area contributed by atoms with Crippen LogP contribution in [0.2, 0.25) is 0 Å². The fraction of sp³-hybridized carbons (Fsp3) is 0.455. The number of carbonyl (C=O) groups excluding carboxylic acids is 1. The van der Waals surface area contributed by atoms with E-state index in [2.05, 4.69) is 44.4 Å². The molecule has 1 aromatic carbocycles. The predicted octanol–water partition coefficient (Wildman–Crippen LogP) is 3.97. The number of nitrogens with one attached hydrogen (secondary N) is 2. The number of thiophene rings is 1. The zero-order valence-electron chi connectivity index (χ0n) is 17.7. The molecular formula is C22H27N3O3S2. The van der Waals surface area contributed by atoms with Crippen molar-refractivity contribution in [3.63, 3.8) is 0 Å². The molecule has 0 spiro atoms. The van der Waals surface area contributed by atoms with Crippen LogP contribution >= 0.6 is 11.3 Å². The Morgan fingerprint density at radius 3 is 2.53 bits per heavy atom. The normalized spacial score (nSPS) is 17.0. The second-order valence-corrected chi connectivity index (χ2v) is 11.9. The summed E-state index contributed by atoms with van der Waals surface area (Å²) in [4.78, 5) is 13.8. The molecule has 0 saturated heterocycles. The molecule has 160 valence electrons. The van der Waals surface area contributed by atoms with Gasteiger partial charge >= 0.3 is 0 Å². The van der Waals surface area contributed by atoms with E-state index in [0.29, 0.717) is 17.0 Å². The minimum absolute atomic E-state index is 0.0760. The molecule has 8 heteroatoms. The highest BCUT2D eigenvalue weighted by molar-refractivity contribution is 7.91. The van der Waals surface area contributed by atoms with Crippen molar-refractivity contribution in [2.24, 2.45) is 0 Å². The van der Waals surface area contributed by atoms with Crippen LogP contribution in [-0.4, -0.2) is 25.6 Å². The fourth-order valence-corrected chi connectivity index (χ4v) is 6.67. The van der Waals surface area contributed by atoms with Gasteiger partial charge in [-0.3, -0.25) is 4.79 Å². The standard InChI is InChI=1S/C22H27N3O3S2/c1-21(2)13-16-17(14-23)20(29-19(16)22(3,4)25-21)24-18(26)11-8-12-30(27,28)15-9-6-5-7-10-15/h5-7,9-10,25H,8,11-13H2,1-4H3,(H,24,26). The molecular weight excluding hydrogens is 418 g/mol. The summed E-state index contributed by atoms with van der Waals surface area (Å²) < 4.78 is 24.7. The largest absolute Gasteiger partial charge is 0.317 e. The van der Waals surface area contributed by atoms with Gasteiger partial charge in [-0.05, 0) is 58.2 Å². The van der Waals surface area contributed by atoms with E-state index in [4.69, 9.17) is 0 Å². The molecule has 1 aliphatic rings. The lowest BCUT2D eigenvalue weighted by Crippen LogP contribution is -2.54.